The molecule has 0 saturated carbocycles. The normalized spacial score (nSPS) is 17.0. The molecule has 0 saturated heterocycles. The van der Waals surface area contributed by atoms with Crippen LogP contribution in [0.1, 0.15) is 32.6 Å². The average Bonchev–Trinajstić information content (AvgIpc) is 3.40. The molecule has 0 spiro atoms. The van der Waals surface area contributed by atoms with Crippen LogP contribution in [0.25, 0.3) is 5.57 Å². The molecule has 37 heavy (non-hydrogen) atoms. The van der Waals surface area contributed by atoms with Crippen LogP contribution in [0.4, 0.5) is 23.2 Å². The molecular formula is C28H25F4N2O2Si+. The summed E-state index contributed by atoms with van der Waals surface area (Å²) in [6.07, 6.45) is 1.47. The molecule has 190 valence electrons. The Morgan fingerprint density at radius 1 is 0.946 bits per heavy atom. The first kappa shape index (κ1) is 23.9. The van der Waals surface area contributed by atoms with Gasteiger partial charge in [0.25, 0.3) is 0 Å². The molecule has 3 aliphatic rings. The van der Waals surface area contributed by atoms with Gasteiger partial charge < -0.3 is 10.0 Å². The van der Waals surface area contributed by atoms with E-state index in [9.17, 15) is 23.1 Å². The molecule has 3 aromatic rings. The summed E-state index contributed by atoms with van der Waals surface area (Å²) in [5.41, 5.74) is 1.77. The molecule has 0 aromatic heterocycles. The highest BCUT2D eigenvalue weighted by Crippen LogP contribution is 2.37. The number of benzene rings is 3. The Labute approximate surface area is 211 Å². The fourth-order valence-corrected chi connectivity index (χ4v) is 9.30. The minimum absolute atomic E-state index is 0.110. The number of carbonyl (C=O) groups is 1. The van der Waals surface area contributed by atoms with Gasteiger partial charge in [-0.15, -0.1) is 0 Å². The van der Waals surface area contributed by atoms with Crippen LogP contribution in [0.3, 0.4) is 0 Å². The van der Waals surface area contributed by atoms with Crippen molar-refractivity contribution in [2.24, 2.45) is 0 Å². The van der Waals surface area contributed by atoms with Gasteiger partial charge in [0.15, 0.2) is 23.3 Å². The first-order valence-electron chi connectivity index (χ1n) is 12.2. The highest BCUT2D eigenvalue weighted by atomic mass is 28.3. The average molecular weight is 526 g/mol. The third-order valence-corrected chi connectivity index (χ3v) is 11.8. The number of carboxylic acid groups (broad SMARTS) is 1. The third-order valence-electron chi connectivity index (χ3n) is 8.31. The SMILES string of the molecule is CN1CCc2cc3c(cc21)[Si](C)(C)c1cc2c(cc1=C3c1c(F)c(F)c(F)c(F)c1C(=O)O)CC[N+]=2C. The maximum atomic E-state index is 15.6. The summed E-state index contributed by atoms with van der Waals surface area (Å²) in [5, 5.41) is 13.3. The molecule has 3 heterocycles. The van der Waals surface area contributed by atoms with Crippen LogP contribution in [-0.2, 0) is 12.8 Å². The molecule has 3 aromatic carbocycles. The van der Waals surface area contributed by atoms with Crippen molar-refractivity contribution in [3.8, 4) is 0 Å². The number of rotatable bonds is 2. The van der Waals surface area contributed by atoms with E-state index in [1.54, 1.807) is 0 Å². The van der Waals surface area contributed by atoms with Crippen molar-refractivity contribution in [2.45, 2.75) is 25.9 Å². The van der Waals surface area contributed by atoms with Crippen LogP contribution in [-0.4, -0.2) is 46.3 Å². The summed E-state index contributed by atoms with van der Waals surface area (Å²) in [7, 11) is 1.52. The van der Waals surface area contributed by atoms with E-state index in [-0.39, 0.29) is 5.57 Å². The lowest BCUT2D eigenvalue weighted by atomic mass is 9.88. The summed E-state index contributed by atoms with van der Waals surface area (Å²) < 4.78 is 61.7. The van der Waals surface area contributed by atoms with Crippen LogP contribution in [0, 0.1) is 23.3 Å². The van der Waals surface area contributed by atoms with Gasteiger partial charge in [0.1, 0.15) is 27.2 Å². The number of fused-ring (bicyclic) bond motifs is 4. The van der Waals surface area contributed by atoms with E-state index in [2.05, 4.69) is 34.7 Å². The number of hydrogen-bond acceptors (Lipinski definition) is 2. The molecule has 0 fully saturated rings. The predicted molar refractivity (Wildman–Crippen MR) is 136 cm³/mol. The minimum atomic E-state index is -2.46. The molecule has 1 N–H and O–H groups in total. The van der Waals surface area contributed by atoms with Crippen molar-refractivity contribution in [2.75, 3.05) is 32.1 Å². The van der Waals surface area contributed by atoms with Crippen LogP contribution in [0.15, 0.2) is 24.3 Å². The van der Waals surface area contributed by atoms with Gasteiger partial charge in [-0.1, -0.05) is 13.1 Å². The van der Waals surface area contributed by atoms with Crippen LogP contribution < -0.4 is 30.4 Å². The Balaban J connectivity index is 1.88. The van der Waals surface area contributed by atoms with Gasteiger partial charge in [-0.25, -0.2) is 26.9 Å². The number of halogens is 4. The van der Waals surface area contributed by atoms with Gasteiger partial charge in [0, 0.05) is 42.9 Å². The maximum absolute atomic E-state index is 15.6. The number of anilines is 1. The van der Waals surface area contributed by atoms with Crippen LogP contribution in [0.5, 0.6) is 0 Å². The molecule has 4 nitrogen and oxygen atoms in total. The van der Waals surface area contributed by atoms with Crippen molar-refractivity contribution in [1.82, 2.24) is 4.58 Å². The smallest absolute Gasteiger partial charge is 0.339 e. The molecule has 3 aliphatic heterocycles. The second-order valence-electron chi connectivity index (χ2n) is 10.7. The standard InChI is InChI=1S/C28H24F4N2O2Si/c1-33-7-5-13-9-15-19(11-17(13)33)37(3,4)20-12-18-14(6-8-34(18)2)10-16(20)21(15)22-23(28(35)36)25(30)27(32)26(31)24(22)29/h9-12H,5-8H2,1-4H3/p+1. The zero-order chi connectivity index (χ0) is 26.5. The Bertz CT molecular complexity index is 1710. The zero-order valence-corrected chi connectivity index (χ0v) is 21.9. The second-order valence-corrected chi connectivity index (χ2v) is 15.0. The summed E-state index contributed by atoms with van der Waals surface area (Å²) in [6, 6.07) is 7.95. The van der Waals surface area contributed by atoms with Crippen molar-refractivity contribution >= 4 is 35.7 Å². The van der Waals surface area contributed by atoms with E-state index in [4.69, 9.17) is 0 Å². The second kappa shape index (κ2) is 7.77. The minimum Gasteiger partial charge on any atom is -0.478 e. The fourth-order valence-electron chi connectivity index (χ4n) is 6.27. The molecule has 0 radical (unpaired) electrons. The number of aromatic carboxylic acids is 1. The zero-order valence-electron chi connectivity index (χ0n) is 20.9. The van der Waals surface area contributed by atoms with Gasteiger partial charge in [-0.3, -0.25) is 0 Å². The van der Waals surface area contributed by atoms with Crippen molar-refractivity contribution in [3.63, 3.8) is 0 Å². The number of hydrogen-bond donors (Lipinski definition) is 1. The lowest BCUT2D eigenvalue weighted by molar-refractivity contribution is 0.0689. The summed E-state index contributed by atoms with van der Waals surface area (Å²) in [4.78, 5) is 14.3. The topological polar surface area (TPSA) is 43.6 Å². The van der Waals surface area contributed by atoms with E-state index in [0.29, 0.717) is 10.8 Å². The molecule has 0 atom stereocenters. The third kappa shape index (κ3) is 3.12. The highest BCUT2D eigenvalue weighted by molar-refractivity contribution is 7.01. The van der Waals surface area contributed by atoms with E-state index in [0.717, 1.165) is 58.5 Å². The van der Waals surface area contributed by atoms with Gasteiger partial charge in [-0.2, -0.15) is 0 Å². The largest absolute Gasteiger partial charge is 0.478 e. The van der Waals surface area contributed by atoms with Gasteiger partial charge in [0.2, 0.25) is 5.36 Å². The van der Waals surface area contributed by atoms with Crippen molar-refractivity contribution < 1.29 is 27.5 Å². The number of carboxylic acids is 1. The first-order valence-corrected chi connectivity index (χ1v) is 15.2. The van der Waals surface area contributed by atoms with Crippen molar-refractivity contribution in [3.05, 3.63) is 85.9 Å². The molecule has 0 unspecified atom stereocenters. The molecular weight excluding hydrogens is 500 g/mol. The molecule has 0 bridgehead atoms. The van der Waals surface area contributed by atoms with E-state index < -0.39 is 48.4 Å². The van der Waals surface area contributed by atoms with Crippen molar-refractivity contribution in [1.29, 1.82) is 0 Å². The highest BCUT2D eigenvalue weighted by Gasteiger charge is 2.41. The molecule has 0 aliphatic carbocycles. The van der Waals surface area contributed by atoms with E-state index in [1.165, 1.54) is 0 Å². The summed E-state index contributed by atoms with van der Waals surface area (Å²) in [6.45, 7) is 5.92. The van der Waals surface area contributed by atoms with E-state index >= 15 is 4.39 Å². The lowest BCUT2D eigenvalue weighted by Crippen LogP contribution is -2.64. The number of nitrogens with zero attached hydrogens (tertiary/aromatic N) is 2. The van der Waals surface area contributed by atoms with Gasteiger partial charge in [0.05, 0.1) is 0 Å². The first-order chi connectivity index (χ1) is 17.4. The van der Waals surface area contributed by atoms with Gasteiger partial charge >= 0.3 is 5.97 Å². The Hall–Kier alpha value is -3.46. The van der Waals surface area contributed by atoms with Gasteiger partial charge in [-0.05, 0) is 56.9 Å². The maximum Gasteiger partial charge on any atom is 0.339 e. The quantitative estimate of drug-likeness (QED) is 0.183. The summed E-state index contributed by atoms with van der Waals surface area (Å²) >= 11 is 0. The fraction of sp³-hybridized carbons (Fsp3) is 0.286. The summed E-state index contributed by atoms with van der Waals surface area (Å²) in [5.74, 6) is -9.60. The lowest BCUT2D eigenvalue weighted by Gasteiger charge is -2.34. The van der Waals surface area contributed by atoms with Crippen LogP contribution >= 0.6 is 0 Å². The Morgan fingerprint density at radius 2 is 1.65 bits per heavy atom. The molecule has 0 amide bonds. The van der Waals surface area contributed by atoms with Crippen LogP contribution in [0.2, 0.25) is 13.1 Å². The molecule has 6 rings (SSSR count). The predicted octanol–water partition coefficient (Wildman–Crippen LogP) is 1.99. The van der Waals surface area contributed by atoms with E-state index in [1.807, 2.05) is 26.2 Å². The molecule has 9 heteroatoms. The number of likely N-dealkylation sites (N-methyl/N-ethyl adjacent to an activating group) is 2. The Kier molecular flexibility index (Phi) is 5.02. The Morgan fingerprint density at radius 3 is 2.35 bits per heavy atom. The monoisotopic (exact) mass is 525 g/mol.